The highest BCUT2D eigenvalue weighted by atomic mass is 19.1. The molecule has 0 radical (unpaired) electrons. The van der Waals surface area contributed by atoms with Crippen LogP contribution in [0.1, 0.15) is 0 Å². The largest absolute Gasteiger partial charge is 0.383 e. The van der Waals surface area contributed by atoms with Gasteiger partial charge in [-0.3, -0.25) is 4.90 Å². The number of nitrogens with zero attached hydrogens (tertiary/aromatic N) is 3. The monoisotopic (exact) mass is 356 g/mol. The van der Waals surface area contributed by atoms with Crippen LogP contribution in [0.3, 0.4) is 0 Å². The summed E-state index contributed by atoms with van der Waals surface area (Å²) in [4.78, 5) is 34.0. The molecule has 1 unspecified atom stereocenters. The zero-order valence-corrected chi connectivity index (χ0v) is 14.1. The second-order valence-electron chi connectivity index (χ2n) is 5.57. The summed E-state index contributed by atoms with van der Waals surface area (Å²) < 4.78 is 18.7. The van der Waals surface area contributed by atoms with Crippen LogP contribution >= 0.6 is 0 Å². The number of anilines is 1. The second-order valence-corrected chi connectivity index (χ2v) is 5.57. The Morgan fingerprint density at radius 1 is 1.38 bits per heavy atom. The first-order valence-electron chi connectivity index (χ1n) is 7.98. The number of methoxy groups -OCH3 is 1. The first kappa shape index (κ1) is 17.7. The van der Waals surface area contributed by atoms with E-state index < -0.39 is 23.8 Å². The quantitative estimate of drug-likeness (QED) is 0.900. The third-order valence-corrected chi connectivity index (χ3v) is 3.86. The lowest BCUT2D eigenvalue weighted by molar-refractivity contribution is 0.174. The Labute approximate surface area is 149 Å². The molecule has 4 amide bonds. The highest BCUT2D eigenvalue weighted by Crippen LogP contribution is 2.21. The molecule has 2 aliphatic rings. The molecular formula is C18H17FN4O3. The van der Waals surface area contributed by atoms with Gasteiger partial charge in [-0.25, -0.2) is 14.0 Å². The van der Waals surface area contributed by atoms with Crippen LogP contribution in [0.15, 0.2) is 58.6 Å². The van der Waals surface area contributed by atoms with E-state index in [1.54, 1.807) is 30.4 Å². The molecule has 26 heavy (non-hydrogen) atoms. The molecule has 0 saturated heterocycles. The number of hydrogen-bond donors (Lipinski definition) is 1. The second kappa shape index (κ2) is 7.83. The van der Waals surface area contributed by atoms with Crippen molar-refractivity contribution in [2.75, 3.05) is 25.6 Å². The normalized spacial score (nSPS) is 20.2. The summed E-state index contributed by atoms with van der Waals surface area (Å²) in [5, 5.41) is 2.39. The summed E-state index contributed by atoms with van der Waals surface area (Å²) in [5.41, 5.74) is 0.518. The van der Waals surface area contributed by atoms with Crippen molar-refractivity contribution in [3.05, 3.63) is 54.4 Å². The summed E-state index contributed by atoms with van der Waals surface area (Å²) in [6.07, 6.45) is 7.03. The van der Waals surface area contributed by atoms with Crippen LogP contribution in [0, 0.1) is 11.7 Å². The van der Waals surface area contributed by atoms with E-state index in [0.717, 1.165) is 0 Å². The number of halogens is 1. The van der Waals surface area contributed by atoms with Crippen LogP contribution in [-0.4, -0.2) is 48.8 Å². The van der Waals surface area contributed by atoms with Crippen LogP contribution in [0.4, 0.5) is 19.7 Å². The molecule has 0 fully saturated rings. The maximum absolute atomic E-state index is 13.7. The maximum atomic E-state index is 13.7. The lowest BCUT2D eigenvalue weighted by Crippen LogP contribution is -2.48. The minimum Gasteiger partial charge on any atom is -0.383 e. The van der Waals surface area contributed by atoms with E-state index in [1.807, 2.05) is 0 Å². The van der Waals surface area contributed by atoms with Gasteiger partial charge >= 0.3 is 12.1 Å². The predicted molar refractivity (Wildman–Crippen MR) is 96.0 cm³/mol. The molecule has 134 valence electrons. The molecule has 1 heterocycles. The summed E-state index contributed by atoms with van der Waals surface area (Å²) in [7, 11) is 1.51. The number of nitrogens with one attached hydrogen (secondary N) is 1. The van der Waals surface area contributed by atoms with Crippen molar-refractivity contribution in [1.82, 2.24) is 4.90 Å². The number of aliphatic imine (C=N–C) groups is 2. The first-order chi connectivity index (χ1) is 12.6. The number of carbonyl (C=O) groups excluding carboxylic acids is 2. The third kappa shape index (κ3) is 3.75. The number of allylic oxidation sites excluding steroid dienone is 3. The van der Waals surface area contributed by atoms with Crippen LogP contribution in [0.25, 0.3) is 0 Å². The number of ether oxygens (including phenoxy) is 1. The topological polar surface area (TPSA) is 83.4 Å². The molecule has 0 saturated carbocycles. The number of amidine groups is 1. The van der Waals surface area contributed by atoms with Gasteiger partial charge in [0.15, 0.2) is 0 Å². The zero-order valence-electron chi connectivity index (χ0n) is 14.1. The first-order valence-corrected chi connectivity index (χ1v) is 7.98. The zero-order chi connectivity index (χ0) is 18.5. The average Bonchev–Trinajstić information content (AvgIpc) is 2.63. The Morgan fingerprint density at radius 2 is 2.19 bits per heavy atom. The number of carbonyl (C=O) groups is 2. The van der Waals surface area contributed by atoms with Crippen molar-refractivity contribution in [1.29, 1.82) is 0 Å². The van der Waals surface area contributed by atoms with Gasteiger partial charge in [0.25, 0.3) is 0 Å². The Hall–Kier alpha value is -3.13. The summed E-state index contributed by atoms with van der Waals surface area (Å²) >= 11 is 0. The van der Waals surface area contributed by atoms with Crippen molar-refractivity contribution in [3.8, 4) is 0 Å². The molecule has 1 aromatic rings. The molecule has 8 heteroatoms. The lowest BCUT2D eigenvalue weighted by Gasteiger charge is -2.31. The van der Waals surface area contributed by atoms with E-state index in [-0.39, 0.29) is 24.7 Å². The third-order valence-electron chi connectivity index (χ3n) is 3.86. The van der Waals surface area contributed by atoms with E-state index >= 15 is 0 Å². The fourth-order valence-electron chi connectivity index (χ4n) is 2.63. The van der Waals surface area contributed by atoms with E-state index in [9.17, 15) is 14.0 Å². The Bertz CT molecular complexity index is 845. The fourth-order valence-corrected chi connectivity index (χ4v) is 2.63. The minimum atomic E-state index is -0.774. The SMILES string of the molecule is COCCN1C(=O)N=C2C=CC=CC2/C1=N/C(=O)Nc1ccccc1F. The number of fused-ring (bicyclic) bond motifs is 1. The molecule has 0 aromatic heterocycles. The summed E-state index contributed by atoms with van der Waals surface area (Å²) in [6, 6.07) is 4.48. The molecule has 1 aliphatic heterocycles. The van der Waals surface area contributed by atoms with Gasteiger partial charge < -0.3 is 10.1 Å². The molecule has 3 rings (SSSR count). The van der Waals surface area contributed by atoms with Gasteiger partial charge in [-0.05, 0) is 18.2 Å². The van der Waals surface area contributed by atoms with Gasteiger partial charge in [0.2, 0.25) is 0 Å². The fraction of sp³-hybridized carbons (Fsp3) is 0.222. The molecule has 0 bridgehead atoms. The Morgan fingerprint density at radius 3 is 2.96 bits per heavy atom. The predicted octanol–water partition coefficient (Wildman–Crippen LogP) is 3.02. The number of rotatable bonds is 4. The van der Waals surface area contributed by atoms with Crippen molar-refractivity contribution < 1.29 is 18.7 Å². The molecule has 1 atom stereocenters. The van der Waals surface area contributed by atoms with Gasteiger partial charge in [0, 0.05) is 7.11 Å². The standard InChI is InChI=1S/C18H17FN4O3/c1-26-11-10-23-16(12-6-2-4-8-14(12)21-18(23)25)22-17(24)20-15-9-5-3-7-13(15)19/h2-9,12H,10-11H2,1H3,(H,20,24)/b22-16-. The van der Waals surface area contributed by atoms with Gasteiger partial charge in [0.05, 0.1) is 30.5 Å². The highest BCUT2D eigenvalue weighted by Gasteiger charge is 2.34. The summed E-state index contributed by atoms with van der Waals surface area (Å²) in [6.45, 7) is 0.461. The molecule has 7 nitrogen and oxygen atoms in total. The number of urea groups is 2. The van der Waals surface area contributed by atoms with Crippen LogP contribution in [0.2, 0.25) is 0 Å². The van der Waals surface area contributed by atoms with E-state index in [1.165, 1.54) is 30.2 Å². The van der Waals surface area contributed by atoms with Gasteiger partial charge in [-0.2, -0.15) is 9.98 Å². The van der Waals surface area contributed by atoms with Crippen molar-refractivity contribution >= 4 is 29.3 Å². The maximum Gasteiger partial charge on any atom is 0.349 e. The van der Waals surface area contributed by atoms with Gasteiger partial charge in [-0.15, -0.1) is 0 Å². The van der Waals surface area contributed by atoms with Crippen molar-refractivity contribution in [3.63, 3.8) is 0 Å². The van der Waals surface area contributed by atoms with Gasteiger partial charge in [-0.1, -0.05) is 30.4 Å². The van der Waals surface area contributed by atoms with Crippen molar-refractivity contribution in [2.45, 2.75) is 0 Å². The molecule has 0 spiro atoms. The van der Waals surface area contributed by atoms with E-state index in [4.69, 9.17) is 4.74 Å². The van der Waals surface area contributed by atoms with E-state index in [0.29, 0.717) is 5.71 Å². The highest BCUT2D eigenvalue weighted by molar-refractivity contribution is 6.24. The van der Waals surface area contributed by atoms with Crippen LogP contribution in [-0.2, 0) is 4.74 Å². The minimum absolute atomic E-state index is 0.0143. The smallest absolute Gasteiger partial charge is 0.349 e. The number of amides is 4. The Balaban J connectivity index is 1.90. The molecule has 1 N–H and O–H groups in total. The number of benzene rings is 1. The molecular weight excluding hydrogens is 339 g/mol. The number of para-hydroxylation sites is 1. The molecule has 1 aliphatic carbocycles. The number of hydrogen-bond acceptors (Lipinski definition) is 3. The Kier molecular flexibility index (Phi) is 5.33. The lowest BCUT2D eigenvalue weighted by atomic mass is 9.95. The van der Waals surface area contributed by atoms with Crippen LogP contribution < -0.4 is 5.32 Å². The average molecular weight is 356 g/mol. The van der Waals surface area contributed by atoms with Crippen molar-refractivity contribution in [2.24, 2.45) is 15.9 Å². The molecule has 1 aromatic carbocycles. The van der Waals surface area contributed by atoms with Gasteiger partial charge in [0.1, 0.15) is 11.7 Å². The van der Waals surface area contributed by atoms with Crippen LogP contribution in [0.5, 0.6) is 0 Å². The van der Waals surface area contributed by atoms with E-state index in [2.05, 4.69) is 15.3 Å². The summed E-state index contributed by atoms with van der Waals surface area (Å²) in [5.74, 6) is -0.771.